The van der Waals surface area contributed by atoms with Crippen LogP contribution >= 0.6 is 15.9 Å². The van der Waals surface area contributed by atoms with Crippen molar-refractivity contribution >= 4 is 33.4 Å². The van der Waals surface area contributed by atoms with E-state index in [1.54, 1.807) is 17.0 Å². The molecule has 0 saturated carbocycles. The number of nitrogens with two attached hydrogens (primary N) is 1. The number of nitrogens with zero attached hydrogens (tertiary/aromatic N) is 2. The summed E-state index contributed by atoms with van der Waals surface area (Å²) in [6, 6.07) is 15.1. The molecule has 6 heteroatoms. The summed E-state index contributed by atoms with van der Waals surface area (Å²) in [6.45, 7) is 2.04. The summed E-state index contributed by atoms with van der Waals surface area (Å²) in [5.41, 5.74) is 7.83. The van der Waals surface area contributed by atoms with Crippen molar-refractivity contribution < 1.29 is 9.59 Å². The molecular weight excluding hydrogens is 406 g/mol. The quantitative estimate of drug-likeness (QED) is 0.723. The van der Waals surface area contributed by atoms with Crippen LogP contribution in [-0.2, 0) is 6.54 Å². The maximum absolute atomic E-state index is 13.2. The Hall–Kier alpha value is -2.18. The lowest BCUT2D eigenvalue weighted by atomic mass is 10.1. The van der Waals surface area contributed by atoms with Crippen LogP contribution in [0.2, 0.25) is 0 Å². The molecule has 2 aromatic rings. The normalized spacial score (nSPS) is 14.1. The predicted octanol–water partition coefficient (Wildman–Crippen LogP) is 4.20. The molecule has 0 atom stereocenters. The number of likely N-dealkylation sites (tertiary alicyclic amines) is 1. The van der Waals surface area contributed by atoms with Gasteiger partial charge in [-0.2, -0.15) is 0 Å². The monoisotopic (exact) mass is 429 g/mol. The van der Waals surface area contributed by atoms with Crippen LogP contribution in [0.3, 0.4) is 0 Å². The number of amides is 2. The smallest absolute Gasteiger partial charge is 0.324 e. The fourth-order valence-electron chi connectivity index (χ4n) is 3.27. The van der Waals surface area contributed by atoms with E-state index >= 15 is 0 Å². The van der Waals surface area contributed by atoms with Crippen molar-refractivity contribution in [2.75, 3.05) is 24.5 Å². The highest BCUT2D eigenvalue weighted by atomic mass is 79.9. The number of Topliss-reactive ketones (excluding diaryl/α,β-unsaturated/α-hetero) is 1. The molecule has 1 saturated heterocycles. The number of piperidine rings is 1. The van der Waals surface area contributed by atoms with Gasteiger partial charge in [0.15, 0.2) is 5.78 Å². The van der Waals surface area contributed by atoms with Crippen LogP contribution in [0.25, 0.3) is 0 Å². The van der Waals surface area contributed by atoms with Gasteiger partial charge in [0.2, 0.25) is 0 Å². The average molecular weight is 430 g/mol. The molecule has 3 rings (SSSR count). The molecule has 142 valence electrons. The van der Waals surface area contributed by atoms with Crippen molar-refractivity contribution in [1.29, 1.82) is 0 Å². The highest BCUT2D eigenvalue weighted by molar-refractivity contribution is 9.10. The van der Waals surface area contributed by atoms with E-state index in [9.17, 15) is 9.59 Å². The number of anilines is 1. The van der Waals surface area contributed by atoms with Gasteiger partial charge in [-0.25, -0.2) is 4.79 Å². The van der Waals surface area contributed by atoms with E-state index in [4.69, 9.17) is 5.73 Å². The largest absolute Gasteiger partial charge is 0.324 e. The standard InChI is InChI=1S/C21H24BrN3O2/c22-18-5-4-6-19(13-18)25(21(27)24-11-2-1-3-12-24)15-16-7-9-17(10-8-16)20(26)14-23/h4-10,13H,1-3,11-12,14-15,23H2. The lowest BCUT2D eigenvalue weighted by Gasteiger charge is -2.33. The van der Waals surface area contributed by atoms with Crippen molar-refractivity contribution in [3.63, 3.8) is 0 Å². The van der Waals surface area contributed by atoms with Gasteiger partial charge in [0.05, 0.1) is 13.1 Å². The molecule has 0 spiro atoms. The zero-order valence-electron chi connectivity index (χ0n) is 15.2. The van der Waals surface area contributed by atoms with Gasteiger partial charge in [-0.1, -0.05) is 46.3 Å². The van der Waals surface area contributed by atoms with Gasteiger partial charge in [-0.15, -0.1) is 0 Å². The second-order valence-corrected chi connectivity index (χ2v) is 7.64. The van der Waals surface area contributed by atoms with E-state index < -0.39 is 0 Å². The molecule has 1 aliphatic rings. The summed E-state index contributed by atoms with van der Waals surface area (Å²) in [7, 11) is 0. The highest BCUT2D eigenvalue weighted by Gasteiger charge is 2.24. The number of hydrogen-bond donors (Lipinski definition) is 1. The zero-order chi connectivity index (χ0) is 19.2. The molecule has 2 aromatic carbocycles. The van der Waals surface area contributed by atoms with Gasteiger partial charge >= 0.3 is 6.03 Å². The molecule has 1 aliphatic heterocycles. The van der Waals surface area contributed by atoms with Crippen molar-refractivity contribution in [3.8, 4) is 0 Å². The van der Waals surface area contributed by atoms with Gasteiger partial charge in [0.25, 0.3) is 0 Å². The summed E-state index contributed by atoms with van der Waals surface area (Å²) in [5.74, 6) is -0.0882. The molecule has 0 aliphatic carbocycles. The molecule has 2 N–H and O–H groups in total. The number of halogens is 1. The third kappa shape index (κ3) is 4.96. The Balaban J connectivity index is 1.85. The Labute approximate surface area is 168 Å². The highest BCUT2D eigenvalue weighted by Crippen LogP contribution is 2.24. The molecule has 27 heavy (non-hydrogen) atoms. The van der Waals surface area contributed by atoms with E-state index in [1.807, 2.05) is 41.3 Å². The Morgan fingerprint density at radius 1 is 1.04 bits per heavy atom. The SMILES string of the molecule is NCC(=O)c1ccc(CN(C(=O)N2CCCCC2)c2cccc(Br)c2)cc1. The molecule has 0 unspecified atom stereocenters. The van der Waals surface area contributed by atoms with Gasteiger partial charge in [0.1, 0.15) is 0 Å². The number of carbonyl (C=O) groups is 2. The third-order valence-corrected chi connectivity index (χ3v) is 5.27. The van der Waals surface area contributed by atoms with Crippen LogP contribution in [-0.4, -0.2) is 36.3 Å². The van der Waals surface area contributed by atoms with Gasteiger partial charge in [-0.3, -0.25) is 9.69 Å². The number of urea groups is 1. The first-order valence-electron chi connectivity index (χ1n) is 9.22. The van der Waals surface area contributed by atoms with Crippen LogP contribution in [0, 0.1) is 0 Å². The van der Waals surface area contributed by atoms with Crippen molar-refractivity contribution in [1.82, 2.24) is 4.90 Å². The number of benzene rings is 2. The van der Waals surface area contributed by atoms with E-state index in [1.165, 1.54) is 6.42 Å². The summed E-state index contributed by atoms with van der Waals surface area (Å²) < 4.78 is 0.931. The molecule has 0 aromatic heterocycles. The van der Waals surface area contributed by atoms with E-state index in [0.717, 1.165) is 41.7 Å². The zero-order valence-corrected chi connectivity index (χ0v) is 16.8. The third-order valence-electron chi connectivity index (χ3n) is 4.78. The fourth-order valence-corrected chi connectivity index (χ4v) is 3.65. The summed E-state index contributed by atoms with van der Waals surface area (Å²) in [6.07, 6.45) is 3.28. The minimum Gasteiger partial charge on any atom is -0.324 e. The second-order valence-electron chi connectivity index (χ2n) is 6.72. The minimum atomic E-state index is -0.0882. The summed E-state index contributed by atoms with van der Waals surface area (Å²) in [4.78, 5) is 28.6. The van der Waals surface area contributed by atoms with Crippen LogP contribution in [0.4, 0.5) is 10.5 Å². The van der Waals surface area contributed by atoms with Gasteiger partial charge < -0.3 is 10.6 Å². The number of ketones is 1. The van der Waals surface area contributed by atoms with Crippen molar-refractivity contribution in [2.24, 2.45) is 5.73 Å². The Bertz CT molecular complexity index is 801. The molecule has 0 bridgehead atoms. The summed E-state index contributed by atoms with van der Waals surface area (Å²) >= 11 is 3.49. The topological polar surface area (TPSA) is 66.6 Å². The van der Waals surface area contributed by atoms with Gasteiger partial charge in [-0.05, 0) is 43.0 Å². The first-order chi connectivity index (χ1) is 13.1. The van der Waals surface area contributed by atoms with Crippen LogP contribution in [0.1, 0.15) is 35.2 Å². The fraction of sp³-hybridized carbons (Fsp3) is 0.333. The van der Waals surface area contributed by atoms with Crippen molar-refractivity contribution in [2.45, 2.75) is 25.8 Å². The average Bonchev–Trinajstić information content (AvgIpc) is 2.72. The lowest BCUT2D eigenvalue weighted by Crippen LogP contribution is -2.45. The lowest BCUT2D eigenvalue weighted by molar-refractivity contribution is 0.100. The van der Waals surface area contributed by atoms with Crippen LogP contribution in [0.5, 0.6) is 0 Å². The number of rotatable bonds is 5. The van der Waals surface area contributed by atoms with Gasteiger partial charge in [0, 0.05) is 28.8 Å². The Morgan fingerprint density at radius 2 is 1.74 bits per heavy atom. The predicted molar refractivity (Wildman–Crippen MR) is 111 cm³/mol. The molecule has 1 fully saturated rings. The molecule has 2 amide bonds. The van der Waals surface area contributed by atoms with Crippen LogP contribution in [0.15, 0.2) is 53.0 Å². The number of hydrogen-bond acceptors (Lipinski definition) is 3. The molecular formula is C21H24BrN3O2. The van der Waals surface area contributed by atoms with E-state index in [2.05, 4.69) is 15.9 Å². The second kappa shape index (κ2) is 9.15. The van der Waals surface area contributed by atoms with E-state index in [0.29, 0.717) is 12.1 Å². The Morgan fingerprint density at radius 3 is 2.37 bits per heavy atom. The van der Waals surface area contributed by atoms with Crippen molar-refractivity contribution in [3.05, 3.63) is 64.1 Å². The number of carbonyl (C=O) groups excluding carboxylic acids is 2. The molecule has 1 heterocycles. The Kier molecular flexibility index (Phi) is 6.63. The summed E-state index contributed by atoms with van der Waals surface area (Å²) in [5, 5.41) is 0. The maximum Gasteiger partial charge on any atom is 0.324 e. The first kappa shape index (κ1) is 19.6. The molecule has 0 radical (unpaired) electrons. The van der Waals surface area contributed by atoms with E-state index in [-0.39, 0.29) is 18.4 Å². The minimum absolute atomic E-state index is 0.00302. The maximum atomic E-state index is 13.2. The first-order valence-corrected chi connectivity index (χ1v) is 10.0. The van der Waals surface area contributed by atoms with Crippen LogP contribution < -0.4 is 10.6 Å². The molecule has 5 nitrogen and oxygen atoms in total.